The van der Waals surface area contributed by atoms with Gasteiger partial charge < -0.3 is 10.6 Å². The van der Waals surface area contributed by atoms with E-state index < -0.39 is 0 Å². The quantitative estimate of drug-likeness (QED) is 0.878. The van der Waals surface area contributed by atoms with E-state index in [4.69, 9.17) is 5.73 Å². The van der Waals surface area contributed by atoms with Crippen LogP contribution < -0.4 is 5.73 Å². The number of hydrogen-bond acceptors (Lipinski definition) is 4. The Hall–Kier alpha value is -1.17. The molecule has 0 bridgehead atoms. The third-order valence-electron chi connectivity index (χ3n) is 3.09. The van der Waals surface area contributed by atoms with E-state index in [9.17, 15) is 4.79 Å². The molecule has 2 N–H and O–H groups in total. The molecule has 5 nitrogen and oxygen atoms in total. The molecule has 1 heterocycles. The maximum Gasteiger partial charge on any atom is 0.274 e. The van der Waals surface area contributed by atoms with Crippen molar-refractivity contribution in [3.63, 3.8) is 0 Å². The zero-order valence-electron chi connectivity index (χ0n) is 11.7. The first-order valence-electron chi connectivity index (χ1n) is 6.01. The normalized spacial score (nSPS) is 12.5. The second-order valence-corrected chi connectivity index (χ2v) is 5.32. The minimum absolute atomic E-state index is 0.0660. The molecule has 1 amide bonds. The van der Waals surface area contributed by atoms with Crippen LogP contribution in [0.2, 0.25) is 0 Å². The predicted octanol–water partition coefficient (Wildman–Crippen LogP) is 1.39. The van der Waals surface area contributed by atoms with Gasteiger partial charge >= 0.3 is 0 Å². The monoisotopic (exact) mass is 270 g/mol. The number of carbonyl (C=O) groups is 1. The average Bonchev–Trinajstić information content (AvgIpc) is 2.62. The number of nitrogens with two attached hydrogens (primary N) is 1. The molecule has 0 aromatic carbocycles. The lowest BCUT2D eigenvalue weighted by Gasteiger charge is -2.24. The fourth-order valence-electron chi connectivity index (χ4n) is 1.83. The van der Waals surface area contributed by atoms with Crippen LogP contribution in [0.1, 0.15) is 30.0 Å². The average molecular weight is 270 g/mol. The number of rotatable bonds is 5. The Bertz CT molecular complexity index is 430. The van der Waals surface area contributed by atoms with Gasteiger partial charge in [-0.3, -0.25) is 9.48 Å². The van der Waals surface area contributed by atoms with E-state index in [-0.39, 0.29) is 11.9 Å². The molecule has 102 valence electrons. The largest absolute Gasteiger partial charge is 0.395 e. The van der Waals surface area contributed by atoms with Gasteiger partial charge in [-0.1, -0.05) is 6.92 Å². The summed E-state index contributed by atoms with van der Waals surface area (Å²) in [5.41, 5.74) is 7.77. The van der Waals surface area contributed by atoms with E-state index in [2.05, 4.69) is 5.10 Å². The summed E-state index contributed by atoms with van der Waals surface area (Å²) in [4.78, 5) is 14.1. The molecule has 18 heavy (non-hydrogen) atoms. The number of amides is 1. The van der Waals surface area contributed by atoms with Gasteiger partial charge in [0.15, 0.2) is 0 Å². The predicted molar refractivity (Wildman–Crippen MR) is 76.9 cm³/mol. The third-order valence-corrected chi connectivity index (χ3v) is 3.90. The van der Waals surface area contributed by atoms with Crippen molar-refractivity contribution in [3.05, 3.63) is 11.4 Å². The van der Waals surface area contributed by atoms with Gasteiger partial charge in [-0.05, 0) is 19.6 Å². The van der Waals surface area contributed by atoms with Crippen molar-refractivity contribution in [1.82, 2.24) is 14.7 Å². The van der Waals surface area contributed by atoms with Gasteiger partial charge in [0.25, 0.3) is 5.91 Å². The highest BCUT2D eigenvalue weighted by Gasteiger charge is 2.24. The fourth-order valence-corrected chi connectivity index (χ4v) is 2.54. The van der Waals surface area contributed by atoms with Crippen molar-refractivity contribution in [2.24, 2.45) is 7.05 Å². The van der Waals surface area contributed by atoms with Gasteiger partial charge in [0, 0.05) is 25.9 Å². The zero-order valence-corrected chi connectivity index (χ0v) is 12.5. The molecule has 1 unspecified atom stereocenters. The van der Waals surface area contributed by atoms with E-state index in [0.717, 1.165) is 17.9 Å². The van der Waals surface area contributed by atoms with Gasteiger partial charge in [0.05, 0.1) is 11.4 Å². The van der Waals surface area contributed by atoms with Crippen molar-refractivity contribution in [3.8, 4) is 0 Å². The van der Waals surface area contributed by atoms with Crippen LogP contribution >= 0.6 is 11.8 Å². The van der Waals surface area contributed by atoms with Crippen LogP contribution in [0.25, 0.3) is 0 Å². The maximum absolute atomic E-state index is 12.4. The SMILES string of the molecule is CCc1nn(C)c(C(=O)N(C)C(C)CSC)c1N. The number of nitrogens with zero attached hydrogens (tertiary/aromatic N) is 3. The van der Waals surface area contributed by atoms with E-state index in [0.29, 0.717) is 11.4 Å². The van der Waals surface area contributed by atoms with Crippen LogP contribution in [0.15, 0.2) is 0 Å². The van der Waals surface area contributed by atoms with Crippen molar-refractivity contribution < 1.29 is 4.79 Å². The van der Waals surface area contributed by atoms with E-state index in [1.165, 1.54) is 0 Å². The van der Waals surface area contributed by atoms with Crippen LogP contribution in [-0.2, 0) is 13.5 Å². The summed E-state index contributed by atoms with van der Waals surface area (Å²) in [7, 11) is 3.57. The minimum atomic E-state index is -0.0660. The van der Waals surface area contributed by atoms with Gasteiger partial charge in [0.2, 0.25) is 0 Å². The molecular weight excluding hydrogens is 248 g/mol. The Kier molecular flexibility index (Phi) is 5.07. The van der Waals surface area contributed by atoms with Crippen molar-refractivity contribution in [2.45, 2.75) is 26.3 Å². The smallest absolute Gasteiger partial charge is 0.274 e. The molecule has 0 aliphatic rings. The molecule has 0 aliphatic carbocycles. The van der Waals surface area contributed by atoms with Gasteiger partial charge in [-0.25, -0.2) is 0 Å². The van der Waals surface area contributed by atoms with Crippen molar-refractivity contribution in [1.29, 1.82) is 0 Å². The van der Waals surface area contributed by atoms with Crippen LogP contribution in [0.4, 0.5) is 5.69 Å². The molecule has 0 saturated carbocycles. The number of aromatic nitrogens is 2. The lowest BCUT2D eigenvalue weighted by Crippen LogP contribution is -2.37. The highest BCUT2D eigenvalue weighted by molar-refractivity contribution is 7.98. The van der Waals surface area contributed by atoms with Crippen molar-refractivity contribution >= 4 is 23.4 Å². The Morgan fingerprint density at radius 2 is 2.22 bits per heavy atom. The molecule has 1 rings (SSSR count). The molecule has 0 radical (unpaired) electrons. The van der Waals surface area contributed by atoms with Crippen LogP contribution in [-0.4, -0.2) is 45.7 Å². The fraction of sp³-hybridized carbons (Fsp3) is 0.667. The van der Waals surface area contributed by atoms with E-state index in [1.807, 2.05) is 20.1 Å². The summed E-state index contributed by atoms with van der Waals surface area (Å²) in [5, 5.41) is 4.28. The Morgan fingerprint density at radius 1 is 1.61 bits per heavy atom. The lowest BCUT2D eigenvalue weighted by molar-refractivity contribution is 0.0747. The van der Waals surface area contributed by atoms with Gasteiger partial charge in [-0.2, -0.15) is 16.9 Å². The molecular formula is C12H22N4OS. The molecule has 0 fully saturated rings. The summed E-state index contributed by atoms with van der Waals surface area (Å²) in [6.07, 6.45) is 2.76. The lowest BCUT2D eigenvalue weighted by atomic mass is 10.2. The van der Waals surface area contributed by atoms with Crippen LogP contribution in [0, 0.1) is 0 Å². The molecule has 0 aliphatic heterocycles. The number of thioether (sulfide) groups is 1. The molecule has 1 aromatic rings. The summed E-state index contributed by atoms with van der Waals surface area (Å²) >= 11 is 1.72. The van der Waals surface area contributed by atoms with Crippen molar-refractivity contribution in [2.75, 3.05) is 24.8 Å². The standard InChI is InChI=1S/C12H22N4OS/c1-6-9-10(13)11(16(4)14-9)12(17)15(3)8(2)7-18-5/h8H,6-7,13H2,1-5H3. The first kappa shape index (κ1) is 14.9. The highest BCUT2D eigenvalue weighted by atomic mass is 32.2. The molecule has 1 atom stereocenters. The summed E-state index contributed by atoms with van der Waals surface area (Å²) in [5.74, 6) is 0.837. The molecule has 0 saturated heterocycles. The summed E-state index contributed by atoms with van der Waals surface area (Å²) in [6.45, 7) is 4.01. The number of nitrogen functional groups attached to an aromatic ring is 1. The second-order valence-electron chi connectivity index (χ2n) is 4.41. The molecule has 6 heteroatoms. The second kappa shape index (κ2) is 6.13. The third kappa shape index (κ3) is 2.80. The van der Waals surface area contributed by atoms with Crippen LogP contribution in [0.3, 0.4) is 0 Å². The molecule has 0 spiro atoms. The van der Waals surface area contributed by atoms with E-state index in [1.54, 1.807) is 35.4 Å². The Labute approximate surface area is 113 Å². The summed E-state index contributed by atoms with van der Waals surface area (Å²) in [6, 6.07) is 0.173. The first-order valence-corrected chi connectivity index (χ1v) is 7.40. The van der Waals surface area contributed by atoms with Gasteiger partial charge in [0.1, 0.15) is 5.69 Å². The van der Waals surface area contributed by atoms with Crippen LogP contribution in [0.5, 0.6) is 0 Å². The number of hydrogen-bond donors (Lipinski definition) is 1. The maximum atomic E-state index is 12.4. The minimum Gasteiger partial charge on any atom is -0.395 e. The number of carbonyl (C=O) groups excluding carboxylic acids is 1. The first-order chi connectivity index (χ1) is 8.43. The highest BCUT2D eigenvalue weighted by Crippen LogP contribution is 2.19. The number of aryl methyl sites for hydroxylation is 2. The zero-order chi connectivity index (χ0) is 13.9. The Balaban J connectivity index is 3.00. The Morgan fingerprint density at radius 3 is 2.67 bits per heavy atom. The summed E-state index contributed by atoms with van der Waals surface area (Å²) < 4.78 is 1.58. The van der Waals surface area contributed by atoms with Gasteiger partial charge in [-0.15, -0.1) is 0 Å². The number of anilines is 1. The molecule has 1 aromatic heterocycles. The topological polar surface area (TPSA) is 64.2 Å². The van der Waals surface area contributed by atoms with E-state index >= 15 is 0 Å².